The van der Waals surface area contributed by atoms with Crippen LogP contribution in [0, 0.1) is 12.7 Å². The summed E-state index contributed by atoms with van der Waals surface area (Å²) in [6, 6.07) is 6.68. The van der Waals surface area contributed by atoms with Crippen LogP contribution in [0.2, 0.25) is 0 Å². The number of fused-ring (bicyclic) bond motifs is 3. The Labute approximate surface area is 177 Å². The van der Waals surface area contributed by atoms with E-state index in [2.05, 4.69) is 25.4 Å². The molecule has 0 spiro atoms. The first-order valence-corrected chi connectivity index (χ1v) is 10.3. The molecule has 2 unspecified atom stereocenters. The van der Waals surface area contributed by atoms with Gasteiger partial charge in [0, 0.05) is 17.5 Å². The average Bonchev–Trinajstić information content (AvgIpc) is 3.02. The first kappa shape index (κ1) is 20.0. The lowest BCUT2D eigenvalue weighted by Gasteiger charge is -2.36. The molecule has 2 aliphatic rings. The lowest BCUT2D eigenvalue weighted by atomic mass is 10.1. The summed E-state index contributed by atoms with van der Waals surface area (Å²) < 4.78 is 46.1. The Morgan fingerprint density at radius 3 is 2.71 bits per heavy atom. The fourth-order valence-electron chi connectivity index (χ4n) is 4.55. The molecular formula is C22H22F3N5O. The van der Waals surface area contributed by atoms with E-state index < -0.39 is 17.8 Å². The van der Waals surface area contributed by atoms with Crippen LogP contribution in [-0.4, -0.2) is 40.5 Å². The number of ether oxygens (including phenoxy) is 1. The van der Waals surface area contributed by atoms with Gasteiger partial charge >= 0.3 is 0 Å². The third-order valence-corrected chi connectivity index (χ3v) is 6.10. The zero-order chi connectivity index (χ0) is 21.5. The van der Waals surface area contributed by atoms with E-state index in [0.717, 1.165) is 30.0 Å². The normalized spacial score (nSPS) is 20.6. The molecule has 1 N–H and O–H groups in total. The zero-order valence-corrected chi connectivity index (χ0v) is 17.0. The van der Waals surface area contributed by atoms with Gasteiger partial charge in [-0.1, -0.05) is 18.2 Å². The number of pyridine rings is 1. The van der Waals surface area contributed by atoms with Crippen LogP contribution >= 0.6 is 0 Å². The molecule has 9 heteroatoms. The molecule has 0 aliphatic carbocycles. The number of hydrogen-bond acceptors (Lipinski definition) is 6. The van der Waals surface area contributed by atoms with Crippen LogP contribution in [0.25, 0.3) is 10.9 Å². The van der Waals surface area contributed by atoms with E-state index in [-0.39, 0.29) is 12.1 Å². The summed E-state index contributed by atoms with van der Waals surface area (Å²) in [5.41, 5.74) is 1.91. The summed E-state index contributed by atoms with van der Waals surface area (Å²) in [7, 11) is 0. The zero-order valence-electron chi connectivity index (χ0n) is 17.0. The lowest BCUT2D eigenvalue weighted by Crippen LogP contribution is -2.45. The molecule has 5 rings (SSSR count). The van der Waals surface area contributed by atoms with Gasteiger partial charge in [-0.15, -0.1) is 5.10 Å². The smallest absolute Gasteiger partial charge is 0.266 e. The van der Waals surface area contributed by atoms with Crippen LogP contribution in [-0.2, 0) is 11.3 Å². The number of alkyl halides is 2. The van der Waals surface area contributed by atoms with Crippen LogP contribution in [0.4, 0.5) is 24.7 Å². The van der Waals surface area contributed by atoms with Crippen molar-refractivity contribution in [2.24, 2.45) is 0 Å². The Balaban J connectivity index is 1.48. The van der Waals surface area contributed by atoms with E-state index >= 15 is 0 Å². The van der Waals surface area contributed by atoms with Crippen molar-refractivity contribution in [2.75, 3.05) is 23.4 Å². The van der Waals surface area contributed by atoms with Gasteiger partial charge in [0.1, 0.15) is 5.82 Å². The molecule has 0 radical (unpaired) electrons. The van der Waals surface area contributed by atoms with Gasteiger partial charge in [0.05, 0.1) is 54.0 Å². The molecule has 2 aliphatic heterocycles. The van der Waals surface area contributed by atoms with Crippen LogP contribution in [0.15, 0.2) is 30.5 Å². The van der Waals surface area contributed by atoms with Gasteiger partial charge in [-0.3, -0.25) is 4.98 Å². The predicted octanol–water partition coefficient (Wildman–Crippen LogP) is 4.39. The number of aryl methyl sites for hydroxylation is 1. The molecular weight excluding hydrogens is 407 g/mol. The Morgan fingerprint density at radius 2 is 1.97 bits per heavy atom. The highest BCUT2D eigenvalue weighted by molar-refractivity contribution is 5.92. The van der Waals surface area contributed by atoms with Gasteiger partial charge in [-0.2, -0.15) is 5.10 Å². The molecule has 2 saturated heterocycles. The number of halogens is 3. The second-order valence-corrected chi connectivity index (χ2v) is 8.03. The summed E-state index contributed by atoms with van der Waals surface area (Å²) in [5, 5.41) is 12.2. The average molecular weight is 429 g/mol. The van der Waals surface area contributed by atoms with Crippen molar-refractivity contribution in [3.8, 4) is 0 Å². The van der Waals surface area contributed by atoms with Crippen LogP contribution < -0.4 is 10.2 Å². The van der Waals surface area contributed by atoms with Crippen LogP contribution in [0.3, 0.4) is 0 Å². The van der Waals surface area contributed by atoms with E-state index in [0.29, 0.717) is 42.3 Å². The third kappa shape index (κ3) is 3.56. The number of hydrogen-bond donors (Lipinski definition) is 1. The fourth-order valence-corrected chi connectivity index (χ4v) is 4.55. The van der Waals surface area contributed by atoms with Gasteiger partial charge in [0.15, 0.2) is 5.82 Å². The Bertz CT molecular complexity index is 1110. The topological polar surface area (TPSA) is 63.2 Å². The largest absolute Gasteiger partial charge is 0.377 e. The summed E-state index contributed by atoms with van der Waals surface area (Å²) in [5.74, 6) is -0.463. The summed E-state index contributed by atoms with van der Waals surface area (Å²) >= 11 is 0. The first-order valence-electron chi connectivity index (χ1n) is 10.3. The van der Waals surface area contributed by atoms with Crippen LogP contribution in [0.1, 0.15) is 36.1 Å². The molecule has 2 aromatic heterocycles. The van der Waals surface area contributed by atoms with E-state index in [1.165, 1.54) is 12.1 Å². The fraction of sp³-hybridized carbons (Fsp3) is 0.409. The van der Waals surface area contributed by atoms with Gasteiger partial charge in [0.2, 0.25) is 0 Å². The minimum Gasteiger partial charge on any atom is -0.377 e. The molecule has 2 atom stereocenters. The molecule has 31 heavy (non-hydrogen) atoms. The minimum atomic E-state index is -2.87. The second kappa shape index (κ2) is 7.96. The third-order valence-electron chi connectivity index (χ3n) is 6.10. The van der Waals surface area contributed by atoms with Crippen molar-refractivity contribution in [3.63, 3.8) is 0 Å². The van der Waals surface area contributed by atoms with Gasteiger partial charge in [-0.05, 0) is 25.8 Å². The van der Waals surface area contributed by atoms with Crippen LogP contribution in [0.5, 0.6) is 0 Å². The highest BCUT2D eigenvalue weighted by Crippen LogP contribution is 2.36. The molecule has 3 aromatic rings. The minimum absolute atomic E-state index is 0.00622. The van der Waals surface area contributed by atoms with Gasteiger partial charge < -0.3 is 15.0 Å². The molecule has 1 aromatic carbocycles. The van der Waals surface area contributed by atoms with E-state index in [9.17, 15) is 13.2 Å². The Hall–Kier alpha value is -2.94. The molecule has 0 saturated carbocycles. The number of anilines is 2. The molecule has 4 heterocycles. The van der Waals surface area contributed by atoms with E-state index in [4.69, 9.17) is 4.74 Å². The number of aromatic nitrogens is 3. The molecule has 2 fully saturated rings. The lowest BCUT2D eigenvalue weighted by molar-refractivity contribution is 0.0906. The molecule has 0 amide bonds. The quantitative estimate of drug-likeness (QED) is 0.649. The summed E-state index contributed by atoms with van der Waals surface area (Å²) in [4.78, 5) is 6.99. The SMILES string of the molecule is Cc1nnc(NCc2cccc(C(F)F)c2F)c2cc(N3C4CCC3COC4)cnc12. The molecule has 2 bridgehead atoms. The standard InChI is InChI=1S/C22H22F3N5O/c1-12-20-18(7-16(9-26-20)30-14-5-6-15(30)11-31-10-14)22(29-28-12)27-8-13-3-2-4-17(19(13)23)21(24)25/h2-4,7,9,14-15,21H,5-6,8,10-11H2,1H3,(H,27,29). The summed E-state index contributed by atoms with van der Waals surface area (Å²) in [6.07, 6.45) is 1.15. The van der Waals surface area contributed by atoms with Gasteiger partial charge in [0.25, 0.3) is 6.43 Å². The monoisotopic (exact) mass is 429 g/mol. The molecule has 6 nitrogen and oxygen atoms in total. The van der Waals surface area contributed by atoms with Crippen molar-refractivity contribution in [2.45, 2.75) is 44.8 Å². The maximum absolute atomic E-state index is 14.4. The van der Waals surface area contributed by atoms with Crippen molar-refractivity contribution < 1.29 is 17.9 Å². The maximum Gasteiger partial charge on any atom is 0.266 e. The number of rotatable bonds is 5. The predicted molar refractivity (Wildman–Crippen MR) is 111 cm³/mol. The van der Waals surface area contributed by atoms with Crippen molar-refractivity contribution in [1.82, 2.24) is 15.2 Å². The number of nitrogens with one attached hydrogen (secondary N) is 1. The van der Waals surface area contributed by atoms with Crippen molar-refractivity contribution >= 4 is 22.4 Å². The van der Waals surface area contributed by atoms with E-state index in [1.54, 1.807) is 0 Å². The number of morpholine rings is 1. The van der Waals surface area contributed by atoms with Crippen molar-refractivity contribution in [1.29, 1.82) is 0 Å². The summed E-state index contributed by atoms with van der Waals surface area (Å²) in [6.45, 7) is 3.24. The van der Waals surface area contributed by atoms with Gasteiger partial charge in [-0.25, -0.2) is 13.2 Å². The highest BCUT2D eigenvalue weighted by atomic mass is 19.3. The first-order chi connectivity index (χ1) is 15.0. The maximum atomic E-state index is 14.4. The Kier molecular flexibility index (Phi) is 5.13. The number of nitrogens with zero attached hydrogens (tertiary/aromatic N) is 4. The second-order valence-electron chi connectivity index (χ2n) is 8.03. The van der Waals surface area contributed by atoms with Crippen molar-refractivity contribution in [3.05, 3.63) is 53.1 Å². The number of benzene rings is 1. The Morgan fingerprint density at radius 1 is 1.19 bits per heavy atom. The molecule has 162 valence electrons. The highest BCUT2D eigenvalue weighted by Gasteiger charge is 2.37. The van der Waals surface area contributed by atoms with E-state index in [1.807, 2.05) is 19.2 Å².